The molecule has 0 spiro atoms. The highest BCUT2D eigenvalue weighted by Gasteiger charge is 2.17. The number of Topliss-reactive ketones (excluding diaryl/α,β-unsaturated/α-hetero) is 1. The van der Waals surface area contributed by atoms with Crippen LogP contribution in [0.1, 0.15) is 12.8 Å². The Balaban J connectivity index is 2.02. The Morgan fingerprint density at radius 3 is 1.89 bits per heavy atom. The van der Waals surface area contributed by atoms with Crippen molar-refractivity contribution in [2.75, 3.05) is 11.5 Å². The van der Waals surface area contributed by atoms with E-state index in [0.29, 0.717) is 11.4 Å². The molecule has 28 heavy (non-hydrogen) atoms. The van der Waals surface area contributed by atoms with E-state index in [4.69, 9.17) is 5.11 Å². The number of rotatable bonds is 7. The van der Waals surface area contributed by atoms with Gasteiger partial charge in [-0.3, -0.25) is 19.3 Å². The van der Waals surface area contributed by atoms with E-state index in [1.54, 1.807) is 48.5 Å². The Kier molecular flexibility index (Phi) is 7.49. The number of carboxylic acids is 1. The van der Waals surface area contributed by atoms with Crippen LogP contribution in [0, 0.1) is 11.8 Å². The number of ether oxygens (including phenoxy) is 1. The van der Waals surface area contributed by atoms with Crippen molar-refractivity contribution in [1.29, 1.82) is 0 Å². The van der Waals surface area contributed by atoms with Crippen LogP contribution in [-0.4, -0.2) is 35.3 Å². The second-order valence-corrected chi connectivity index (χ2v) is 5.51. The second kappa shape index (κ2) is 10.3. The number of esters is 1. The zero-order valence-corrected chi connectivity index (χ0v) is 14.8. The molecule has 2 aromatic rings. The van der Waals surface area contributed by atoms with Gasteiger partial charge >= 0.3 is 17.8 Å². The first-order valence-electron chi connectivity index (χ1n) is 8.34. The summed E-state index contributed by atoms with van der Waals surface area (Å²) in [7, 11) is 0. The van der Waals surface area contributed by atoms with Crippen molar-refractivity contribution in [1.82, 2.24) is 0 Å². The molecule has 0 saturated carbocycles. The topological polar surface area (TPSA) is 101 Å². The van der Waals surface area contributed by atoms with Gasteiger partial charge in [0.1, 0.15) is 0 Å². The molecule has 0 aliphatic rings. The van der Waals surface area contributed by atoms with Crippen molar-refractivity contribution in [3.63, 3.8) is 0 Å². The normalized spacial score (nSPS) is 9.57. The molecule has 2 rings (SSSR count). The van der Waals surface area contributed by atoms with Crippen LogP contribution in [0.5, 0.6) is 0 Å². The van der Waals surface area contributed by atoms with Gasteiger partial charge in [0, 0.05) is 17.8 Å². The molecular weight excluding hydrogens is 362 g/mol. The van der Waals surface area contributed by atoms with E-state index in [0.717, 1.165) is 0 Å². The molecule has 0 aromatic heterocycles. The van der Waals surface area contributed by atoms with Gasteiger partial charge in [0.25, 0.3) is 0 Å². The Labute approximate surface area is 161 Å². The van der Waals surface area contributed by atoms with Gasteiger partial charge in [0.05, 0.1) is 6.42 Å². The second-order valence-electron chi connectivity index (χ2n) is 5.51. The predicted octanol–water partition coefficient (Wildman–Crippen LogP) is 2.33. The summed E-state index contributed by atoms with van der Waals surface area (Å²) in [5, 5.41) is 8.49. The standard InChI is InChI=1S/C21H17NO6/c23-18(13-14-20(25)26)21(27)28-15-7-12-19(24)22(16-8-3-1-4-9-16)17-10-5-2-6-11-17/h1-6,8-11H,13-15H2,(H,25,26). The molecule has 0 fully saturated rings. The Bertz CT molecular complexity index is 873. The molecule has 7 heteroatoms. The van der Waals surface area contributed by atoms with Gasteiger partial charge in [-0.15, -0.1) is 0 Å². The van der Waals surface area contributed by atoms with Gasteiger partial charge in [-0.25, -0.2) is 4.79 Å². The molecule has 7 nitrogen and oxygen atoms in total. The number of nitrogens with zero attached hydrogens (tertiary/aromatic N) is 1. The molecule has 1 N–H and O–H groups in total. The summed E-state index contributed by atoms with van der Waals surface area (Å²) in [5.74, 6) is 0.930. The molecule has 0 aliphatic heterocycles. The minimum atomic E-state index is -1.19. The third-order valence-electron chi connectivity index (χ3n) is 3.50. The van der Waals surface area contributed by atoms with Gasteiger partial charge in [0.15, 0.2) is 6.61 Å². The molecule has 0 unspecified atom stereocenters. The fourth-order valence-corrected chi connectivity index (χ4v) is 2.21. The lowest BCUT2D eigenvalue weighted by Gasteiger charge is -2.20. The van der Waals surface area contributed by atoms with E-state index < -0.39 is 43.1 Å². The van der Waals surface area contributed by atoms with Crippen LogP contribution < -0.4 is 4.90 Å². The summed E-state index contributed by atoms with van der Waals surface area (Å²) >= 11 is 0. The van der Waals surface area contributed by atoms with Gasteiger partial charge in [-0.05, 0) is 30.2 Å². The third-order valence-corrected chi connectivity index (χ3v) is 3.50. The Morgan fingerprint density at radius 2 is 1.39 bits per heavy atom. The SMILES string of the molecule is O=C(O)CCC(=O)C(=O)OCC#CC(=O)N(c1ccccc1)c1ccccc1. The average Bonchev–Trinajstić information content (AvgIpc) is 2.71. The van der Waals surface area contributed by atoms with Crippen LogP contribution in [0.2, 0.25) is 0 Å². The lowest BCUT2D eigenvalue weighted by atomic mass is 10.2. The first kappa shape index (κ1) is 20.4. The number of ketones is 1. The Morgan fingerprint density at radius 1 is 0.857 bits per heavy atom. The maximum atomic E-state index is 12.6. The van der Waals surface area contributed by atoms with Crippen molar-refractivity contribution in [3.05, 3.63) is 60.7 Å². The number of carbonyl (C=O) groups is 4. The molecule has 0 saturated heterocycles. The number of hydrogen-bond acceptors (Lipinski definition) is 5. The minimum Gasteiger partial charge on any atom is -0.481 e. The fourth-order valence-electron chi connectivity index (χ4n) is 2.21. The van der Waals surface area contributed by atoms with Crippen molar-refractivity contribution < 1.29 is 29.0 Å². The van der Waals surface area contributed by atoms with E-state index in [1.165, 1.54) is 4.90 Å². The van der Waals surface area contributed by atoms with Crippen LogP contribution in [0.4, 0.5) is 11.4 Å². The number of amides is 1. The lowest BCUT2D eigenvalue weighted by Crippen LogP contribution is -2.24. The summed E-state index contributed by atoms with van der Waals surface area (Å²) in [5.41, 5.74) is 1.24. The van der Waals surface area contributed by atoms with Gasteiger partial charge < -0.3 is 9.84 Å². The first-order chi connectivity index (χ1) is 13.5. The third kappa shape index (κ3) is 6.11. The van der Waals surface area contributed by atoms with Crippen LogP contribution >= 0.6 is 0 Å². The number of hydrogen-bond donors (Lipinski definition) is 1. The first-order valence-corrected chi connectivity index (χ1v) is 8.34. The quantitative estimate of drug-likeness (QED) is 0.450. The van der Waals surface area contributed by atoms with Crippen molar-refractivity contribution >= 4 is 35.0 Å². The predicted molar refractivity (Wildman–Crippen MR) is 101 cm³/mol. The number of aliphatic carboxylic acids is 1. The van der Waals surface area contributed by atoms with E-state index in [-0.39, 0.29) is 0 Å². The highest BCUT2D eigenvalue weighted by Crippen LogP contribution is 2.24. The number of para-hydroxylation sites is 2. The maximum absolute atomic E-state index is 12.6. The van der Waals surface area contributed by atoms with Crippen molar-refractivity contribution in [3.8, 4) is 11.8 Å². The summed E-state index contributed by atoms with van der Waals surface area (Å²) < 4.78 is 4.65. The monoisotopic (exact) mass is 379 g/mol. The highest BCUT2D eigenvalue weighted by molar-refractivity contribution is 6.33. The van der Waals surface area contributed by atoms with E-state index in [1.807, 2.05) is 12.1 Å². The maximum Gasteiger partial charge on any atom is 0.375 e. The molecule has 1 amide bonds. The van der Waals surface area contributed by atoms with Crippen LogP contribution in [0.3, 0.4) is 0 Å². The molecule has 0 atom stereocenters. The number of anilines is 2. The van der Waals surface area contributed by atoms with Crippen LogP contribution in [-0.2, 0) is 23.9 Å². The molecule has 142 valence electrons. The average molecular weight is 379 g/mol. The Hall–Kier alpha value is -3.92. The number of carboxylic acid groups (broad SMARTS) is 1. The molecule has 0 aliphatic carbocycles. The summed E-state index contributed by atoms with van der Waals surface area (Å²) in [4.78, 5) is 47.2. The van der Waals surface area contributed by atoms with Crippen molar-refractivity contribution in [2.24, 2.45) is 0 Å². The minimum absolute atomic E-state index is 0.448. The molecule has 0 bridgehead atoms. The van der Waals surface area contributed by atoms with E-state index in [9.17, 15) is 19.2 Å². The summed E-state index contributed by atoms with van der Waals surface area (Å²) in [6, 6.07) is 17.8. The summed E-state index contributed by atoms with van der Waals surface area (Å²) in [6.45, 7) is -0.458. The zero-order valence-electron chi connectivity index (χ0n) is 14.8. The van der Waals surface area contributed by atoms with Gasteiger partial charge in [-0.1, -0.05) is 42.3 Å². The van der Waals surface area contributed by atoms with Crippen LogP contribution in [0.15, 0.2) is 60.7 Å². The largest absolute Gasteiger partial charge is 0.481 e. The van der Waals surface area contributed by atoms with Gasteiger partial charge in [-0.2, -0.15) is 0 Å². The molecule has 0 radical (unpaired) electrons. The zero-order chi connectivity index (χ0) is 20.4. The highest BCUT2D eigenvalue weighted by atomic mass is 16.5. The number of carbonyl (C=O) groups excluding carboxylic acids is 3. The smallest absolute Gasteiger partial charge is 0.375 e. The van der Waals surface area contributed by atoms with Crippen LogP contribution in [0.25, 0.3) is 0 Å². The fraction of sp³-hybridized carbons (Fsp3) is 0.143. The molecule has 0 heterocycles. The van der Waals surface area contributed by atoms with E-state index >= 15 is 0 Å². The number of benzene rings is 2. The van der Waals surface area contributed by atoms with Gasteiger partial charge in [0.2, 0.25) is 5.78 Å². The lowest BCUT2D eigenvalue weighted by molar-refractivity contribution is -0.153. The molecular formula is C21H17NO6. The van der Waals surface area contributed by atoms with E-state index in [2.05, 4.69) is 16.6 Å². The molecule has 2 aromatic carbocycles. The summed E-state index contributed by atoms with van der Waals surface area (Å²) in [6.07, 6.45) is -0.905. The van der Waals surface area contributed by atoms with Crippen molar-refractivity contribution in [2.45, 2.75) is 12.8 Å².